The predicted molar refractivity (Wildman–Crippen MR) is 83.5 cm³/mol. The standard InChI is InChI=1S/C16H26N4O2/c1-18-9-10-22-13-16(12-18)4-7-20(8-5-16)15(21)11-14-3-6-19(2)17-14/h3,6H,4-5,7-13H2,1-2H3. The maximum atomic E-state index is 12.4. The Hall–Kier alpha value is -1.40. The number of carbonyl (C=O) groups excluding carboxylic acids is 1. The highest BCUT2D eigenvalue weighted by molar-refractivity contribution is 5.78. The highest BCUT2D eigenvalue weighted by Crippen LogP contribution is 2.34. The van der Waals surface area contributed by atoms with Crippen molar-refractivity contribution in [3.63, 3.8) is 0 Å². The Kier molecular flexibility index (Phi) is 4.49. The van der Waals surface area contributed by atoms with Crippen LogP contribution in [0.25, 0.3) is 0 Å². The molecule has 0 atom stereocenters. The van der Waals surface area contributed by atoms with Crippen molar-refractivity contribution in [1.82, 2.24) is 19.6 Å². The van der Waals surface area contributed by atoms with Crippen LogP contribution in [-0.2, 0) is 23.0 Å². The second-order valence-corrected chi connectivity index (χ2v) is 6.83. The highest BCUT2D eigenvalue weighted by Gasteiger charge is 2.38. The summed E-state index contributed by atoms with van der Waals surface area (Å²) in [5.41, 5.74) is 1.08. The molecule has 2 aliphatic heterocycles. The Morgan fingerprint density at radius 1 is 1.32 bits per heavy atom. The highest BCUT2D eigenvalue weighted by atomic mass is 16.5. The molecule has 0 radical (unpaired) electrons. The van der Waals surface area contributed by atoms with Gasteiger partial charge in [0.25, 0.3) is 0 Å². The van der Waals surface area contributed by atoms with Gasteiger partial charge >= 0.3 is 0 Å². The van der Waals surface area contributed by atoms with Gasteiger partial charge in [-0.3, -0.25) is 9.48 Å². The van der Waals surface area contributed by atoms with E-state index in [-0.39, 0.29) is 11.3 Å². The van der Waals surface area contributed by atoms with Crippen molar-refractivity contribution in [3.05, 3.63) is 18.0 Å². The minimum Gasteiger partial charge on any atom is -0.379 e. The third-order valence-corrected chi connectivity index (χ3v) is 4.91. The summed E-state index contributed by atoms with van der Waals surface area (Å²) in [5.74, 6) is 0.191. The summed E-state index contributed by atoms with van der Waals surface area (Å²) < 4.78 is 7.54. The van der Waals surface area contributed by atoms with Crippen molar-refractivity contribution in [2.75, 3.05) is 46.4 Å². The molecule has 6 heteroatoms. The van der Waals surface area contributed by atoms with E-state index >= 15 is 0 Å². The van der Waals surface area contributed by atoms with Gasteiger partial charge in [-0.1, -0.05) is 0 Å². The Labute approximate surface area is 132 Å². The van der Waals surface area contributed by atoms with E-state index in [2.05, 4.69) is 17.0 Å². The quantitative estimate of drug-likeness (QED) is 0.800. The van der Waals surface area contributed by atoms with Gasteiger partial charge in [-0.15, -0.1) is 0 Å². The number of piperidine rings is 1. The minimum atomic E-state index is 0.191. The molecule has 3 heterocycles. The molecule has 2 saturated heterocycles. The van der Waals surface area contributed by atoms with Gasteiger partial charge in [-0.25, -0.2) is 0 Å². The molecule has 1 aromatic heterocycles. The van der Waals surface area contributed by atoms with E-state index in [4.69, 9.17) is 4.74 Å². The largest absolute Gasteiger partial charge is 0.379 e. The van der Waals surface area contributed by atoms with Crippen molar-refractivity contribution in [2.24, 2.45) is 12.5 Å². The van der Waals surface area contributed by atoms with Crippen molar-refractivity contribution < 1.29 is 9.53 Å². The molecule has 0 aliphatic carbocycles. The molecule has 22 heavy (non-hydrogen) atoms. The van der Waals surface area contributed by atoms with Crippen LogP contribution in [0.3, 0.4) is 0 Å². The molecule has 1 spiro atoms. The van der Waals surface area contributed by atoms with E-state index < -0.39 is 0 Å². The molecular weight excluding hydrogens is 280 g/mol. The summed E-state index contributed by atoms with van der Waals surface area (Å²) in [6.07, 6.45) is 4.35. The topological polar surface area (TPSA) is 50.6 Å². The van der Waals surface area contributed by atoms with Gasteiger partial charge in [0.05, 0.1) is 25.3 Å². The number of nitrogens with zero attached hydrogens (tertiary/aromatic N) is 4. The van der Waals surface area contributed by atoms with Gasteiger partial charge in [0.15, 0.2) is 0 Å². The average molecular weight is 306 g/mol. The summed E-state index contributed by atoms with van der Waals surface area (Å²) in [6.45, 7) is 5.41. The Bertz CT molecular complexity index is 520. The second-order valence-electron chi connectivity index (χ2n) is 6.83. The van der Waals surface area contributed by atoms with Crippen LogP contribution >= 0.6 is 0 Å². The summed E-state index contributed by atoms with van der Waals surface area (Å²) in [7, 11) is 4.04. The fourth-order valence-corrected chi connectivity index (χ4v) is 3.56. The van der Waals surface area contributed by atoms with Crippen LogP contribution in [0, 0.1) is 5.41 Å². The zero-order valence-corrected chi connectivity index (χ0v) is 13.6. The van der Waals surface area contributed by atoms with Crippen molar-refractivity contribution >= 4 is 5.91 Å². The Morgan fingerprint density at radius 3 is 2.77 bits per heavy atom. The fraction of sp³-hybridized carbons (Fsp3) is 0.750. The average Bonchev–Trinajstić information content (AvgIpc) is 2.80. The monoisotopic (exact) mass is 306 g/mol. The first-order chi connectivity index (χ1) is 10.6. The van der Waals surface area contributed by atoms with Crippen LogP contribution in [0.4, 0.5) is 0 Å². The molecule has 2 fully saturated rings. The Morgan fingerprint density at radius 2 is 2.09 bits per heavy atom. The lowest BCUT2D eigenvalue weighted by Crippen LogP contribution is -2.48. The lowest BCUT2D eigenvalue weighted by molar-refractivity contribution is -0.133. The molecule has 0 unspecified atom stereocenters. The molecule has 122 valence electrons. The van der Waals surface area contributed by atoms with Gasteiger partial charge in [0, 0.05) is 44.8 Å². The number of likely N-dealkylation sites (N-methyl/N-ethyl adjacent to an activating group) is 1. The summed E-state index contributed by atoms with van der Waals surface area (Å²) >= 11 is 0. The first-order valence-electron chi connectivity index (χ1n) is 8.09. The van der Waals surface area contributed by atoms with E-state index in [1.54, 1.807) is 4.68 Å². The van der Waals surface area contributed by atoms with Crippen LogP contribution in [-0.4, -0.2) is 71.9 Å². The van der Waals surface area contributed by atoms with Gasteiger partial charge in [0.2, 0.25) is 5.91 Å². The number of hydrogen-bond acceptors (Lipinski definition) is 4. The zero-order chi connectivity index (χ0) is 15.6. The van der Waals surface area contributed by atoms with Crippen LogP contribution in [0.15, 0.2) is 12.3 Å². The number of hydrogen-bond donors (Lipinski definition) is 0. The van der Waals surface area contributed by atoms with E-state index in [9.17, 15) is 4.79 Å². The van der Waals surface area contributed by atoms with Crippen molar-refractivity contribution in [2.45, 2.75) is 19.3 Å². The lowest BCUT2D eigenvalue weighted by atomic mass is 9.78. The molecule has 1 amide bonds. The number of likely N-dealkylation sites (tertiary alicyclic amines) is 1. The number of carbonyl (C=O) groups is 1. The van der Waals surface area contributed by atoms with E-state index in [0.717, 1.165) is 57.9 Å². The summed E-state index contributed by atoms with van der Waals surface area (Å²) in [5, 5.41) is 4.29. The van der Waals surface area contributed by atoms with Gasteiger partial charge in [-0.2, -0.15) is 5.10 Å². The minimum absolute atomic E-state index is 0.191. The molecule has 0 bridgehead atoms. The Balaban J connectivity index is 1.55. The lowest BCUT2D eigenvalue weighted by Gasteiger charge is -2.42. The van der Waals surface area contributed by atoms with Gasteiger partial charge in [0.1, 0.15) is 0 Å². The number of aryl methyl sites for hydroxylation is 1. The summed E-state index contributed by atoms with van der Waals surface area (Å²) in [6, 6.07) is 1.91. The van der Waals surface area contributed by atoms with Gasteiger partial charge < -0.3 is 14.5 Å². The van der Waals surface area contributed by atoms with E-state index in [0.29, 0.717) is 6.42 Å². The number of ether oxygens (including phenoxy) is 1. The van der Waals surface area contributed by atoms with Crippen molar-refractivity contribution in [1.29, 1.82) is 0 Å². The van der Waals surface area contributed by atoms with Crippen LogP contribution < -0.4 is 0 Å². The summed E-state index contributed by atoms with van der Waals surface area (Å²) in [4.78, 5) is 16.8. The number of rotatable bonds is 2. The molecule has 6 nitrogen and oxygen atoms in total. The zero-order valence-electron chi connectivity index (χ0n) is 13.6. The number of aromatic nitrogens is 2. The molecule has 0 N–H and O–H groups in total. The molecule has 0 aromatic carbocycles. The normalized spacial score (nSPS) is 22.7. The smallest absolute Gasteiger partial charge is 0.228 e. The third kappa shape index (κ3) is 3.50. The molecular formula is C16H26N4O2. The molecule has 0 saturated carbocycles. The predicted octanol–water partition coefficient (Wildman–Crippen LogP) is 0.533. The molecule has 2 aliphatic rings. The van der Waals surface area contributed by atoms with Crippen LogP contribution in [0.2, 0.25) is 0 Å². The molecule has 1 aromatic rings. The maximum Gasteiger partial charge on any atom is 0.228 e. The first kappa shape index (κ1) is 15.5. The first-order valence-corrected chi connectivity index (χ1v) is 8.09. The second kappa shape index (κ2) is 6.38. The van der Waals surface area contributed by atoms with E-state index in [1.165, 1.54) is 0 Å². The SMILES string of the molecule is CN1CCOCC2(CCN(C(=O)Cc3ccn(C)n3)CC2)C1. The van der Waals surface area contributed by atoms with Crippen molar-refractivity contribution in [3.8, 4) is 0 Å². The van der Waals surface area contributed by atoms with Crippen LogP contribution in [0.1, 0.15) is 18.5 Å². The molecule has 3 rings (SSSR count). The fourth-order valence-electron chi connectivity index (χ4n) is 3.56. The third-order valence-electron chi connectivity index (χ3n) is 4.91. The number of amides is 1. The van der Waals surface area contributed by atoms with E-state index in [1.807, 2.05) is 24.2 Å². The van der Waals surface area contributed by atoms with Crippen LogP contribution in [0.5, 0.6) is 0 Å². The van der Waals surface area contributed by atoms with Gasteiger partial charge in [-0.05, 0) is 26.0 Å². The maximum absolute atomic E-state index is 12.4.